The first-order valence-corrected chi connectivity index (χ1v) is 9.10. The highest BCUT2D eigenvalue weighted by Crippen LogP contribution is 2.20. The minimum atomic E-state index is -0.990. The second-order valence-corrected chi connectivity index (χ2v) is 7.37. The average molecular weight is 365 g/mol. The van der Waals surface area contributed by atoms with Crippen molar-refractivity contribution in [2.24, 2.45) is 0 Å². The van der Waals surface area contributed by atoms with Gasteiger partial charge >= 0.3 is 0 Å². The molecule has 3 heterocycles. The fourth-order valence-corrected chi connectivity index (χ4v) is 3.71. The maximum Gasteiger partial charge on any atom is 0.273 e. The number of hydrogen-bond acceptors (Lipinski definition) is 7. The second kappa shape index (κ2) is 7.61. The number of amides is 1. The Balaban J connectivity index is 1.75. The molecule has 0 radical (unpaired) electrons. The van der Waals surface area contributed by atoms with Crippen LogP contribution in [0.5, 0.6) is 0 Å². The molecule has 1 amide bonds. The quantitative estimate of drug-likeness (QED) is 0.800. The molecule has 1 aliphatic rings. The van der Waals surface area contributed by atoms with Gasteiger partial charge in [-0.25, -0.2) is 4.98 Å². The Morgan fingerprint density at radius 2 is 2.24 bits per heavy atom. The van der Waals surface area contributed by atoms with Crippen LogP contribution >= 0.6 is 11.3 Å². The maximum absolute atomic E-state index is 12.8. The lowest BCUT2D eigenvalue weighted by Crippen LogP contribution is -2.31. The molecule has 1 atom stereocenters. The van der Waals surface area contributed by atoms with Crippen LogP contribution in [0.2, 0.25) is 0 Å². The number of carbonyl (C=O) groups is 1. The summed E-state index contributed by atoms with van der Waals surface area (Å²) in [6.45, 7) is 2.09. The van der Waals surface area contributed by atoms with Gasteiger partial charge in [-0.2, -0.15) is 5.10 Å². The number of carbonyl (C=O) groups excluding carboxylic acids is 1. The Hall–Kier alpha value is -1.81. The number of aromatic nitrogens is 3. The van der Waals surface area contributed by atoms with E-state index in [1.54, 1.807) is 15.6 Å². The van der Waals surface area contributed by atoms with E-state index in [2.05, 4.69) is 10.1 Å². The number of rotatable bonds is 5. The lowest BCUT2D eigenvalue weighted by atomic mass is 10.2. The van der Waals surface area contributed by atoms with Crippen LogP contribution in [0, 0.1) is 0 Å². The minimum Gasteiger partial charge on any atom is -0.393 e. The van der Waals surface area contributed by atoms with E-state index in [1.807, 2.05) is 24.4 Å². The van der Waals surface area contributed by atoms with Crippen molar-refractivity contribution < 1.29 is 15.0 Å². The van der Waals surface area contributed by atoms with Crippen LogP contribution in [0.4, 0.5) is 0 Å². The van der Waals surface area contributed by atoms with Crippen LogP contribution in [0.15, 0.2) is 11.4 Å². The Morgan fingerprint density at radius 3 is 2.96 bits per heavy atom. The molecule has 0 fully saturated rings. The first kappa shape index (κ1) is 18.0. The first-order chi connectivity index (χ1) is 12.0. The van der Waals surface area contributed by atoms with Gasteiger partial charge in [0.1, 0.15) is 16.8 Å². The third kappa shape index (κ3) is 4.06. The zero-order chi connectivity index (χ0) is 18.0. The van der Waals surface area contributed by atoms with Crippen LogP contribution in [-0.4, -0.2) is 67.9 Å². The summed E-state index contributed by atoms with van der Waals surface area (Å²) in [6, 6.07) is 1.75. The zero-order valence-electron chi connectivity index (χ0n) is 14.4. The number of fused-ring (bicyclic) bond motifs is 1. The standard InChI is InChI=1S/C16H23N5O3S/c1-19(2)8-15-17-13(10-25-15)16(24)20-4-3-5-21-11(7-20)6-12(18-21)14(23)9-22/h6,10,14,22-23H,3-5,7-9H2,1-2H3. The number of aryl methyl sites for hydroxylation is 1. The molecule has 0 aliphatic carbocycles. The van der Waals surface area contributed by atoms with Crippen molar-refractivity contribution in [2.75, 3.05) is 27.2 Å². The predicted octanol–water partition coefficient (Wildman–Crippen LogP) is 0.473. The topological polar surface area (TPSA) is 94.7 Å². The Morgan fingerprint density at radius 1 is 1.44 bits per heavy atom. The summed E-state index contributed by atoms with van der Waals surface area (Å²) in [5.74, 6) is -0.0832. The van der Waals surface area contributed by atoms with Crippen molar-refractivity contribution in [1.82, 2.24) is 24.6 Å². The summed E-state index contributed by atoms with van der Waals surface area (Å²) in [5.41, 5.74) is 1.77. The van der Waals surface area contributed by atoms with Gasteiger partial charge in [0.15, 0.2) is 0 Å². The summed E-state index contributed by atoms with van der Waals surface area (Å²) in [5, 5.41) is 25.9. The minimum absolute atomic E-state index is 0.0832. The predicted molar refractivity (Wildman–Crippen MR) is 93.1 cm³/mol. The molecule has 3 rings (SSSR count). The molecule has 1 aliphatic heterocycles. The molecule has 8 nitrogen and oxygen atoms in total. The van der Waals surface area contributed by atoms with Gasteiger partial charge in [0.2, 0.25) is 0 Å². The molecule has 25 heavy (non-hydrogen) atoms. The van der Waals surface area contributed by atoms with Gasteiger partial charge < -0.3 is 20.0 Å². The summed E-state index contributed by atoms with van der Waals surface area (Å²) in [6.07, 6.45) is -0.209. The Bertz CT molecular complexity index is 742. The highest BCUT2D eigenvalue weighted by molar-refractivity contribution is 7.09. The molecule has 0 bridgehead atoms. The molecule has 2 aromatic heterocycles. The van der Waals surface area contributed by atoms with Gasteiger partial charge in [0.05, 0.1) is 24.5 Å². The van der Waals surface area contributed by atoms with Gasteiger partial charge in [-0.05, 0) is 26.6 Å². The van der Waals surface area contributed by atoms with E-state index in [-0.39, 0.29) is 12.5 Å². The van der Waals surface area contributed by atoms with E-state index < -0.39 is 6.10 Å². The third-order valence-electron chi connectivity index (χ3n) is 4.06. The summed E-state index contributed by atoms with van der Waals surface area (Å²) < 4.78 is 1.81. The lowest BCUT2D eigenvalue weighted by molar-refractivity contribution is 0.0740. The number of thiazole rings is 1. The van der Waals surface area contributed by atoms with Crippen LogP contribution < -0.4 is 0 Å². The van der Waals surface area contributed by atoms with Crippen LogP contribution in [0.25, 0.3) is 0 Å². The van der Waals surface area contributed by atoms with E-state index in [4.69, 9.17) is 5.11 Å². The van der Waals surface area contributed by atoms with Gasteiger partial charge in [-0.15, -0.1) is 11.3 Å². The molecule has 136 valence electrons. The van der Waals surface area contributed by atoms with Crippen molar-refractivity contribution in [3.8, 4) is 0 Å². The number of aliphatic hydroxyl groups excluding tert-OH is 2. The van der Waals surface area contributed by atoms with Crippen LogP contribution in [0.3, 0.4) is 0 Å². The second-order valence-electron chi connectivity index (χ2n) is 6.43. The number of nitrogens with zero attached hydrogens (tertiary/aromatic N) is 5. The third-order valence-corrected chi connectivity index (χ3v) is 4.89. The SMILES string of the molecule is CN(C)Cc1nc(C(=O)N2CCCn3nc(C(O)CO)cc3C2)cs1. The van der Waals surface area contributed by atoms with E-state index in [1.165, 1.54) is 11.3 Å². The number of hydrogen-bond donors (Lipinski definition) is 2. The van der Waals surface area contributed by atoms with Gasteiger partial charge in [0.25, 0.3) is 5.91 Å². The van der Waals surface area contributed by atoms with E-state index in [0.29, 0.717) is 37.6 Å². The lowest BCUT2D eigenvalue weighted by Gasteiger charge is -2.18. The normalized spacial score (nSPS) is 16.0. The maximum atomic E-state index is 12.8. The smallest absolute Gasteiger partial charge is 0.273 e. The zero-order valence-corrected chi connectivity index (χ0v) is 15.2. The summed E-state index contributed by atoms with van der Waals surface area (Å²) >= 11 is 1.49. The highest BCUT2D eigenvalue weighted by atomic mass is 32.1. The van der Waals surface area contributed by atoms with Crippen LogP contribution in [-0.2, 0) is 19.6 Å². The Kier molecular flexibility index (Phi) is 5.48. The number of aliphatic hydroxyl groups is 2. The largest absolute Gasteiger partial charge is 0.393 e. The first-order valence-electron chi connectivity index (χ1n) is 8.22. The molecule has 2 aromatic rings. The molecule has 9 heteroatoms. The van der Waals surface area contributed by atoms with Crippen molar-refractivity contribution in [1.29, 1.82) is 0 Å². The van der Waals surface area contributed by atoms with E-state index >= 15 is 0 Å². The van der Waals surface area contributed by atoms with Gasteiger partial charge in [-0.1, -0.05) is 0 Å². The molecule has 2 N–H and O–H groups in total. The van der Waals surface area contributed by atoms with Crippen molar-refractivity contribution >= 4 is 17.2 Å². The summed E-state index contributed by atoms with van der Waals surface area (Å²) in [4.78, 5) is 21.0. The molecule has 0 saturated carbocycles. The average Bonchev–Trinajstić information content (AvgIpc) is 3.15. The van der Waals surface area contributed by atoms with E-state index in [0.717, 1.165) is 17.1 Å². The fourth-order valence-electron chi connectivity index (χ4n) is 2.83. The molecular formula is C16H23N5O3S. The summed E-state index contributed by atoms with van der Waals surface area (Å²) in [7, 11) is 3.94. The molecule has 0 spiro atoms. The van der Waals surface area contributed by atoms with Gasteiger partial charge in [0, 0.05) is 25.0 Å². The van der Waals surface area contributed by atoms with Crippen LogP contribution in [0.1, 0.15) is 39.4 Å². The molecule has 0 saturated heterocycles. The molecule has 1 unspecified atom stereocenters. The molecular weight excluding hydrogens is 342 g/mol. The fraction of sp³-hybridized carbons (Fsp3) is 0.562. The Labute approximate surface area is 150 Å². The monoisotopic (exact) mass is 365 g/mol. The van der Waals surface area contributed by atoms with Crippen molar-refractivity contribution in [3.05, 3.63) is 33.5 Å². The van der Waals surface area contributed by atoms with Crippen molar-refractivity contribution in [3.63, 3.8) is 0 Å². The van der Waals surface area contributed by atoms with Gasteiger partial charge in [-0.3, -0.25) is 9.48 Å². The molecule has 0 aromatic carbocycles. The van der Waals surface area contributed by atoms with E-state index in [9.17, 15) is 9.90 Å². The highest BCUT2D eigenvalue weighted by Gasteiger charge is 2.24. The van der Waals surface area contributed by atoms with Crippen molar-refractivity contribution in [2.45, 2.75) is 32.2 Å².